The number of carbonyl (C=O) groups excluding carboxylic acids is 1. The molecule has 1 heterocycles. The Bertz CT molecular complexity index is 703. The summed E-state index contributed by atoms with van der Waals surface area (Å²) in [5, 5.41) is 9.91. The highest BCUT2D eigenvalue weighted by Gasteiger charge is 2.23. The smallest absolute Gasteiger partial charge is 0.234 e. The number of ether oxygens (including phenoxy) is 1. The predicted molar refractivity (Wildman–Crippen MR) is 136 cm³/mol. The molecular weight excluding hydrogens is 505 g/mol. The number of nitrogens with zero attached hydrogens (tertiary/aromatic N) is 2. The number of likely N-dealkylation sites (tertiary alicyclic amines) is 1. The summed E-state index contributed by atoms with van der Waals surface area (Å²) in [7, 11) is 1.80. The minimum absolute atomic E-state index is 0. The van der Waals surface area contributed by atoms with Crippen LogP contribution in [0.2, 0.25) is 0 Å². The molecule has 0 atom stereocenters. The Labute approximate surface area is 203 Å². The lowest BCUT2D eigenvalue weighted by atomic mass is 10.1. The van der Waals surface area contributed by atoms with Crippen LogP contribution in [0.25, 0.3) is 0 Å². The maximum absolute atomic E-state index is 11.9. The van der Waals surface area contributed by atoms with Gasteiger partial charge in [0.15, 0.2) is 5.96 Å². The van der Waals surface area contributed by atoms with Gasteiger partial charge < -0.3 is 20.7 Å². The summed E-state index contributed by atoms with van der Waals surface area (Å²) < 4.78 is 6.01. The highest BCUT2D eigenvalue weighted by atomic mass is 127. The number of benzene rings is 1. The Morgan fingerprint density at radius 3 is 2.58 bits per heavy atom. The molecule has 0 bridgehead atoms. The molecule has 1 saturated carbocycles. The zero-order valence-electron chi connectivity index (χ0n) is 18.9. The van der Waals surface area contributed by atoms with Gasteiger partial charge in [-0.25, -0.2) is 0 Å². The number of aliphatic imine (C=N–C) groups is 1. The molecule has 31 heavy (non-hydrogen) atoms. The molecule has 8 heteroatoms. The highest BCUT2D eigenvalue weighted by molar-refractivity contribution is 14.0. The molecule has 1 aliphatic carbocycles. The minimum Gasteiger partial charge on any atom is -0.493 e. The number of piperidine rings is 1. The molecule has 2 fully saturated rings. The van der Waals surface area contributed by atoms with Crippen LogP contribution in [-0.2, 0) is 11.3 Å². The molecule has 1 aliphatic heterocycles. The standard InChI is InChI=1S/C23H37N5O2.HI/c1-3-12-25-22(29)16-28-13-10-20(11-14-28)27-23(24-2)26-15-19-6-4-5-7-21(19)30-17-18-8-9-18;/h4-7,18,20H,3,8-17H2,1-2H3,(H,25,29)(H2,24,26,27);1H. The zero-order chi connectivity index (χ0) is 21.2. The van der Waals surface area contributed by atoms with Gasteiger partial charge in [0.1, 0.15) is 5.75 Å². The summed E-state index contributed by atoms with van der Waals surface area (Å²) in [4.78, 5) is 18.5. The third kappa shape index (κ3) is 9.22. The molecule has 0 aromatic heterocycles. The van der Waals surface area contributed by atoms with Gasteiger partial charge in [-0.2, -0.15) is 0 Å². The van der Waals surface area contributed by atoms with Crippen LogP contribution in [0.4, 0.5) is 0 Å². The molecule has 1 aromatic carbocycles. The van der Waals surface area contributed by atoms with Crippen LogP contribution in [0.5, 0.6) is 5.75 Å². The monoisotopic (exact) mass is 543 g/mol. The Balaban J connectivity index is 0.00000341. The fourth-order valence-corrected chi connectivity index (χ4v) is 3.61. The molecule has 174 valence electrons. The number of para-hydroxylation sites is 1. The van der Waals surface area contributed by atoms with Crippen molar-refractivity contribution in [2.24, 2.45) is 10.9 Å². The zero-order valence-corrected chi connectivity index (χ0v) is 21.2. The Kier molecular flexibility index (Phi) is 11.4. The molecule has 1 saturated heterocycles. The van der Waals surface area contributed by atoms with E-state index >= 15 is 0 Å². The van der Waals surface area contributed by atoms with E-state index in [2.05, 4.69) is 38.8 Å². The molecule has 0 spiro atoms. The summed E-state index contributed by atoms with van der Waals surface area (Å²) in [6, 6.07) is 8.58. The van der Waals surface area contributed by atoms with Crippen molar-refractivity contribution in [2.75, 3.05) is 39.8 Å². The van der Waals surface area contributed by atoms with Crippen molar-refractivity contribution in [3.8, 4) is 5.75 Å². The molecule has 7 nitrogen and oxygen atoms in total. The van der Waals surface area contributed by atoms with Gasteiger partial charge in [0.2, 0.25) is 5.91 Å². The summed E-state index contributed by atoms with van der Waals surface area (Å²) in [6.07, 6.45) is 5.56. The highest BCUT2D eigenvalue weighted by Crippen LogP contribution is 2.30. The van der Waals surface area contributed by atoms with Gasteiger partial charge in [0.25, 0.3) is 0 Å². The molecule has 0 radical (unpaired) electrons. The fourth-order valence-electron chi connectivity index (χ4n) is 3.61. The maximum Gasteiger partial charge on any atom is 0.234 e. The van der Waals surface area contributed by atoms with E-state index in [-0.39, 0.29) is 29.9 Å². The normalized spacial score (nSPS) is 17.5. The van der Waals surface area contributed by atoms with Crippen molar-refractivity contribution in [2.45, 2.75) is 51.6 Å². The van der Waals surface area contributed by atoms with Gasteiger partial charge >= 0.3 is 0 Å². The van der Waals surface area contributed by atoms with Gasteiger partial charge in [0.05, 0.1) is 13.2 Å². The van der Waals surface area contributed by atoms with Gasteiger partial charge in [-0.1, -0.05) is 25.1 Å². The summed E-state index contributed by atoms with van der Waals surface area (Å²) in [6.45, 7) is 6.66. The third-order valence-electron chi connectivity index (χ3n) is 5.68. The third-order valence-corrected chi connectivity index (χ3v) is 5.68. The first-order valence-electron chi connectivity index (χ1n) is 11.3. The Morgan fingerprint density at radius 2 is 1.90 bits per heavy atom. The first-order valence-corrected chi connectivity index (χ1v) is 11.3. The number of rotatable bonds is 10. The molecule has 3 N–H and O–H groups in total. The average molecular weight is 543 g/mol. The molecular formula is C23H38IN5O2. The van der Waals surface area contributed by atoms with Crippen LogP contribution >= 0.6 is 24.0 Å². The summed E-state index contributed by atoms with van der Waals surface area (Å²) in [5.74, 6) is 2.64. The Hall–Kier alpha value is -1.55. The average Bonchev–Trinajstić information content (AvgIpc) is 3.60. The SMILES string of the molecule is CCCNC(=O)CN1CCC(NC(=NC)NCc2ccccc2OCC2CC2)CC1.I. The predicted octanol–water partition coefficient (Wildman–Crippen LogP) is 2.75. The number of amides is 1. The second-order valence-electron chi connectivity index (χ2n) is 8.33. The number of hydrogen-bond acceptors (Lipinski definition) is 4. The van der Waals surface area contributed by atoms with Gasteiger partial charge in [0, 0.05) is 44.8 Å². The van der Waals surface area contributed by atoms with Crippen LogP contribution in [0.15, 0.2) is 29.3 Å². The second-order valence-corrected chi connectivity index (χ2v) is 8.33. The van der Waals surface area contributed by atoms with Crippen LogP contribution in [0, 0.1) is 5.92 Å². The van der Waals surface area contributed by atoms with E-state index < -0.39 is 0 Å². The van der Waals surface area contributed by atoms with Crippen molar-refractivity contribution < 1.29 is 9.53 Å². The molecule has 0 unspecified atom stereocenters. The quantitative estimate of drug-likeness (QED) is 0.241. The van der Waals surface area contributed by atoms with Crippen LogP contribution in [0.3, 0.4) is 0 Å². The fraction of sp³-hybridized carbons (Fsp3) is 0.652. The van der Waals surface area contributed by atoms with Crippen molar-refractivity contribution in [1.29, 1.82) is 0 Å². The lowest BCUT2D eigenvalue weighted by Gasteiger charge is -2.32. The maximum atomic E-state index is 11.9. The van der Waals surface area contributed by atoms with E-state index in [9.17, 15) is 4.79 Å². The number of nitrogens with one attached hydrogen (secondary N) is 3. The van der Waals surface area contributed by atoms with Crippen molar-refractivity contribution in [1.82, 2.24) is 20.9 Å². The number of halogens is 1. The second kappa shape index (κ2) is 13.8. The van der Waals surface area contributed by atoms with Crippen molar-refractivity contribution in [3.05, 3.63) is 29.8 Å². The van der Waals surface area contributed by atoms with Gasteiger partial charge in [-0.15, -0.1) is 24.0 Å². The van der Waals surface area contributed by atoms with Crippen LogP contribution in [0.1, 0.15) is 44.6 Å². The number of guanidine groups is 1. The van der Waals surface area contributed by atoms with E-state index in [0.29, 0.717) is 19.1 Å². The lowest BCUT2D eigenvalue weighted by Crippen LogP contribution is -2.50. The van der Waals surface area contributed by atoms with E-state index in [0.717, 1.165) is 68.7 Å². The number of carbonyl (C=O) groups is 1. The number of hydrogen-bond donors (Lipinski definition) is 3. The minimum atomic E-state index is 0. The topological polar surface area (TPSA) is 78.0 Å². The first-order chi connectivity index (χ1) is 14.7. The van der Waals surface area contributed by atoms with Gasteiger partial charge in [-0.3, -0.25) is 14.7 Å². The van der Waals surface area contributed by atoms with Crippen LogP contribution < -0.4 is 20.7 Å². The Morgan fingerprint density at radius 1 is 1.16 bits per heavy atom. The lowest BCUT2D eigenvalue weighted by molar-refractivity contribution is -0.122. The van der Waals surface area contributed by atoms with E-state index in [1.165, 1.54) is 12.8 Å². The largest absolute Gasteiger partial charge is 0.493 e. The first kappa shape index (κ1) is 25.7. The van der Waals surface area contributed by atoms with E-state index in [1.807, 2.05) is 18.2 Å². The van der Waals surface area contributed by atoms with Crippen molar-refractivity contribution >= 4 is 35.8 Å². The molecule has 1 aromatic rings. The van der Waals surface area contributed by atoms with E-state index in [1.54, 1.807) is 7.05 Å². The molecule has 3 rings (SSSR count). The van der Waals surface area contributed by atoms with Crippen LogP contribution in [-0.4, -0.2) is 62.6 Å². The van der Waals surface area contributed by atoms with E-state index in [4.69, 9.17) is 4.74 Å². The summed E-state index contributed by atoms with van der Waals surface area (Å²) >= 11 is 0. The molecule has 2 aliphatic rings. The summed E-state index contributed by atoms with van der Waals surface area (Å²) in [5.41, 5.74) is 1.15. The molecule has 1 amide bonds. The van der Waals surface area contributed by atoms with Crippen molar-refractivity contribution in [3.63, 3.8) is 0 Å². The van der Waals surface area contributed by atoms with Gasteiger partial charge in [-0.05, 0) is 44.1 Å².